The smallest absolute Gasteiger partial charge is 0.359 e. The van der Waals surface area contributed by atoms with Crippen LogP contribution in [0.3, 0.4) is 0 Å². The second-order valence-corrected chi connectivity index (χ2v) is 6.73. The van der Waals surface area contributed by atoms with E-state index in [1.807, 2.05) is 30.3 Å². The third kappa shape index (κ3) is 3.63. The van der Waals surface area contributed by atoms with Crippen molar-refractivity contribution in [1.82, 2.24) is 14.7 Å². The van der Waals surface area contributed by atoms with Gasteiger partial charge in [-0.2, -0.15) is 5.10 Å². The quantitative estimate of drug-likeness (QED) is 0.638. The van der Waals surface area contributed by atoms with Crippen molar-refractivity contribution in [2.24, 2.45) is 0 Å². The Labute approximate surface area is 167 Å². The third-order valence-corrected chi connectivity index (χ3v) is 4.89. The molecule has 0 bridgehead atoms. The van der Waals surface area contributed by atoms with Crippen LogP contribution in [0.1, 0.15) is 39.0 Å². The molecule has 0 saturated heterocycles. The number of esters is 1. The molecular formula is C22H20FN3O3. The number of amides is 1. The number of nitrogens with zero attached hydrogens (tertiary/aromatic N) is 3. The zero-order valence-corrected chi connectivity index (χ0v) is 16.0. The van der Waals surface area contributed by atoms with Gasteiger partial charge in [-0.05, 0) is 37.3 Å². The summed E-state index contributed by atoms with van der Waals surface area (Å²) in [5, 5.41) is 4.51. The Bertz CT molecular complexity index is 1060. The Morgan fingerprint density at radius 1 is 1.14 bits per heavy atom. The molecule has 0 N–H and O–H groups in total. The first kappa shape index (κ1) is 18.9. The van der Waals surface area contributed by atoms with Crippen LogP contribution in [0, 0.1) is 5.82 Å². The lowest BCUT2D eigenvalue weighted by Crippen LogP contribution is -2.36. The van der Waals surface area contributed by atoms with Crippen LogP contribution in [0.2, 0.25) is 0 Å². The van der Waals surface area contributed by atoms with E-state index in [2.05, 4.69) is 5.10 Å². The van der Waals surface area contributed by atoms with Crippen molar-refractivity contribution in [2.75, 3.05) is 13.2 Å². The standard InChI is InChI=1S/C22H20FN3O3/c1-2-29-22(28)20-18-14-25(21(27)15-7-6-8-16(23)13-15)12-11-19(18)26(24-20)17-9-4-3-5-10-17/h3-10,13H,2,11-12,14H2,1H3. The van der Waals surface area contributed by atoms with Crippen molar-refractivity contribution >= 4 is 11.9 Å². The van der Waals surface area contributed by atoms with Gasteiger partial charge in [-0.3, -0.25) is 4.79 Å². The molecule has 3 aromatic rings. The van der Waals surface area contributed by atoms with Crippen molar-refractivity contribution in [3.8, 4) is 5.69 Å². The average Bonchev–Trinajstić information content (AvgIpc) is 3.13. The van der Waals surface area contributed by atoms with Gasteiger partial charge in [0.05, 0.1) is 24.5 Å². The molecule has 0 aliphatic carbocycles. The number of carbonyl (C=O) groups is 2. The second kappa shape index (κ2) is 7.87. The average molecular weight is 393 g/mol. The summed E-state index contributed by atoms with van der Waals surface area (Å²) >= 11 is 0. The summed E-state index contributed by atoms with van der Waals surface area (Å²) in [7, 11) is 0. The Balaban J connectivity index is 1.72. The largest absolute Gasteiger partial charge is 0.461 e. The molecule has 1 aromatic heterocycles. The summed E-state index contributed by atoms with van der Waals surface area (Å²) in [5.74, 6) is -1.26. The van der Waals surface area contributed by atoms with E-state index in [4.69, 9.17) is 4.74 Å². The van der Waals surface area contributed by atoms with Crippen LogP contribution in [0.4, 0.5) is 4.39 Å². The summed E-state index contributed by atoms with van der Waals surface area (Å²) in [6.45, 7) is 2.63. The summed E-state index contributed by atoms with van der Waals surface area (Å²) in [6.07, 6.45) is 0.525. The molecule has 0 atom stereocenters. The van der Waals surface area contributed by atoms with Crippen LogP contribution < -0.4 is 0 Å². The Kier molecular flexibility index (Phi) is 5.12. The van der Waals surface area contributed by atoms with Crippen LogP contribution in [-0.2, 0) is 17.7 Å². The second-order valence-electron chi connectivity index (χ2n) is 6.73. The van der Waals surface area contributed by atoms with Crippen molar-refractivity contribution < 1.29 is 18.7 Å². The fourth-order valence-electron chi connectivity index (χ4n) is 3.54. The van der Waals surface area contributed by atoms with Gasteiger partial charge in [0.1, 0.15) is 5.82 Å². The van der Waals surface area contributed by atoms with Crippen molar-refractivity contribution in [3.05, 3.63) is 82.9 Å². The van der Waals surface area contributed by atoms with E-state index in [1.165, 1.54) is 18.2 Å². The van der Waals surface area contributed by atoms with E-state index < -0.39 is 11.8 Å². The van der Waals surface area contributed by atoms with Gasteiger partial charge in [-0.15, -0.1) is 0 Å². The fraction of sp³-hybridized carbons (Fsp3) is 0.227. The molecule has 6 nitrogen and oxygen atoms in total. The zero-order valence-electron chi connectivity index (χ0n) is 16.0. The lowest BCUT2D eigenvalue weighted by atomic mass is 10.0. The minimum Gasteiger partial charge on any atom is -0.461 e. The lowest BCUT2D eigenvalue weighted by Gasteiger charge is -2.28. The molecule has 1 amide bonds. The van der Waals surface area contributed by atoms with E-state index >= 15 is 0 Å². The summed E-state index contributed by atoms with van der Waals surface area (Å²) < 4.78 is 20.4. The Hall–Kier alpha value is -3.48. The first-order valence-corrected chi connectivity index (χ1v) is 9.46. The highest BCUT2D eigenvalue weighted by atomic mass is 19.1. The predicted molar refractivity (Wildman–Crippen MR) is 104 cm³/mol. The first-order valence-electron chi connectivity index (χ1n) is 9.46. The molecule has 0 radical (unpaired) electrons. The zero-order chi connectivity index (χ0) is 20.4. The van der Waals surface area contributed by atoms with Gasteiger partial charge in [0, 0.05) is 24.1 Å². The van der Waals surface area contributed by atoms with Gasteiger partial charge in [0.15, 0.2) is 5.69 Å². The number of para-hydroxylation sites is 1. The predicted octanol–water partition coefficient (Wildman–Crippen LogP) is 3.39. The number of carbonyl (C=O) groups excluding carboxylic acids is 2. The monoisotopic (exact) mass is 393 g/mol. The minimum atomic E-state index is -0.515. The molecule has 0 saturated carbocycles. The number of aromatic nitrogens is 2. The van der Waals surface area contributed by atoms with Crippen LogP contribution in [0.15, 0.2) is 54.6 Å². The summed E-state index contributed by atoms with van der Waals surface area (Å²) in [4.78, 5) is 27.0. The number of ether oxygens (including phenoxy) is 1. The van der Waals surface area contributed by atoms with E-state index in [0.29, 0.717) is 18.5 Å². The number of hydrogen-bond donors (Lipinski definition) is 0. The number of hydrogen-bond acceptors (Lipinski definition) is 4. The van der Waals surface area contributed by atoms with Crippen molar-refractivity contribution in [2.45, 2.75) is 19.9 Å². The maximum absolute atomic E-state index is 13.5. The molecule has 2 heterocycles. The van der Waals surface area contributed by atoms with Crippen molar-refractivity contribution in [3.63, 3.8) is 0 Å². The maximum atomic E-state index is 13.5. The van der Waals surface area contributed by atoms with Gasteiger partial charge in [-0.1, -0.05) is 24.3 Å². The maximum Gasteiger partial charge on any atom is 0.359 e. The van der Waals surface area contributed by atoms with Crippen LogP contribution in [-0.4, -0.2) is 39.7 Å². The summed E-state index contributed by atoms with van der Waals surface area (Å²) in [6, 6.07) is 15.1. The SMILES string of the molecule is CCOC(=O)c1nn(-c2ccccc2)c2c1CN(C(=O)c1cccc(F)c1)CC2. The molecule has 2 aromatic carbocycles. The van der Waals surface area contributed by atoms with Crippen LogP contribution in [0.25, 0.3) is 5.69 Å². The highest BCUT2D eigenvalue weighted by Crippen LogP contribution is 2.27. The Morgan fingerprint density at radius 2 is 1.93 bits per heavy atom. The molecule has 4 rings (SSSR count). The molecule has 1 aliphatic rings. The molecular weight excluding hydrogens is 373 g/mol. The fourth-order valence-corrected chi connectivity index (χ4v) is 3.54. The van der Waals surface area contributed by atoms with E-state index in [0.717, 1.165) is 11.4 Å². The highest BCUT2D eigenvalue weighted by Gasteiger charge is 2.31. The van der Waals surface area contributed by atoms with E-state index in [1.54, 1.807) is 22.6 Å². The van der Waals surface area contributed by atoms with Gasteiger partial charge in [0.25, 0.3) is 5.91 Å². The Morgan fingerprint density at radius 3 is 2.66 bits per heavy atom. The summed E-state index contributed by atoms with van der Waals surface area (Å²) in [5.41, 5.74) is 2.87. The highest BCUT2D eigenvalue weighted by molar-refractivity contribution is 5.95. The number of fused-ring (bicyclic) bond motifs is 1. The van der Waals surface area contributed by atoms with Crippen LogP contribution >= 0.6 is 0 Å². The molecule has 29 heavy (non-hydrogen) atoms. The normalized spacial score (nSPS) is 13.1. The molecule has 0 spiro atoms. The van der Waals surface area contributed by atoms with Gasteiger partial charge < -0.3 is 9.64 Å². The lowest BCUT2D eigenvalue weighted by molar-refractivity contribution is 0.0513. The van der Waals surface area contributed by atoms with Gasteiger partial charge in [-0.25, -0.2) is 13.9 Å². The third-order valence-electron chi connectivity index (χ3n) is 4.89. The minimum absolute atomic E-state index is 0.211. The van der Waals surface area contributed by atoms with Crippen LogP contribution in [0.5, 0.6) is 0 Å². The number of rotatable bonds is 4. The molecule has 148 valence electrons. The van der Waals surface area contributed by atoms with E-state index in [-0.39, 0.29) is 30.3 Å². The topological polar surface area (TPSA) is 64.4 Å². The molecule has 0 unspecified atom stereocenters. The van der Waals surface area contributed by atoms with Gasteiger partial charge in [0.2, 0.25) is 0 Å². The number of halogens is 1. The molecule has 7 heteroatoms. The molecule has 0 fully saturated rings. The van der Waals surface area contributed by atoms with E-state index in [9.17, 15) is 14.0 Å². The molecule has 1 aliphatic heterocycles. The first-order chi connectivity index (χ1) is 14.1. The van der Waals surface area contributed by atoms with Gasteiger partial charge >= 0.3 is 5.97 Å². The number of benzene rings is 2. The van der Waals surface area contributed by atoms with Crippen molar-refractivity contribution in [1.29, 1.82) is 0 Å².